The Balaban J connectivity index is 1.56. The van der Waals surface area contributed by atoms with Crippen molar-refractivity contribution in [2.24, 2.45) is 11.0 Å². The van der Waals surface area contributed by atoms with Gasteiger partial charge in [0.25, 0.3) is 5.91 Å². The van der Waals surface area contributed by atoms with Gasteiger partial charge in [-0.2, -0.15) is 5.10 Å². The van der Waals surface area contributed by atoms with Crippen LogP contribution in [-0.2, 0) is 14.3 Å². The van der Waals surface area contributed by atoms with E-state index in [1.54, 1.807) is 19.2 Å². The predicted octanol–water partition coefficient (Wildman–Crippen LogP) is 4.31. The standard InChI is InChI=1S/C27H32ClN3O5/c1-4-36-27(33)18-11-13-30(14-12-18)17-26(32)31-24(21-10-9-19(34-2)15-25(21)35-3)16-23(29-31)20-7-5-6-8-22(20)28/h5-10,15,18,24H,4,11-14,16-17H2,1-3H3. The van der Waals surface area contributed by atoms with Crippen LogP contribution < -0.4 is 9.47 Å². The van der Waals surface area contributed by atoms with Gasteiger partial charge in [-0.05, 0) is 51.1 Å². The molecule has 0 bridgehead atoms. The molecule has 0 spiro atoms. The summed E-state index contributed by atoms with van der Waals surface area (Å²) in [6.07, 6.45) is 1.86. The lowest BCUT2D eigenvalue weighted by molar-refractivity contribution is -0.149. The van der Waals surface area contributed by atoms with Gasteiger partial charge in [0.1, 0.15) is 11.5 Å². The number of methoxy groups -OCH3 is 2. The van der Waals surface area contributed by atoms with E-state index in [0.717, 1.165) is 16.8 Å². The number of ether oxygens (including phenoxy) is 3. The maximum absolute atomic E-state index is 13.6. The zero-order valence-corrected chi connectivity index (χ0v) is 21.7. The van der Waals surface area contributed by atoms with Crippen LogP contribution in [0.25, 0.3) is 0 Å². The Kier molecular flexibility index (Phi) is 8.48. The van der Waals surface area contributed by atoms with Gasteiger partial charge in [0.15, 0.2) is 0 Å². The molecule has 2 aromatic rings. The summed E-state index contributed by atoms with van der Waals surface area (Å²) in [6, 6.07) is 12.7. The molecular weight excluding hydrogens is 482 g/mol. The zero-order chi connectivity index (χ0) is 25.7. The average Bonchev–Trinajstić information content (AvgIpc) is 3.34. The highest BCUT2D eigenvalue weighted by Gasteiger charge is 2.36. The predicted molar refractivity (Wildman–Crippen MR) is 138 cm³/mol. The molecule has 0 saturated carbocycles. The number of halogens is 1. The highest BCUT2D eigenvalue weighted by atomic mass is 35.5. The molecule has 0 aromatic heterocycles. The molecule has 1 saturated heterocycles. The Morgan fingerprint density at radius 1 is 1.08 bits per heavy atom. The molecule has 1 atom stereocenters. The first-order valence-electron chi connectivity index (χ1n) is 12.2. The number of hydrogen-bond donors (Lipinski definition) is 0. The van der Waals surface area contributed by atoms with Gasteiger partial charge in [-0.1, -0.05) is 29.8 Å². The topological polar surface area (TPSA) is 80.7 Å². The number of nitrogens with zero attached hydrogens (tertiary/aromatic N) is 3. The van der Waals surface area contributed by atoms with Crippen LogP contribution in [0.2, 0.25) is 5.02 Å². The maximum atomic E-state index is 13.6. The van der Waals surface area contributed by atoms with Gasteiger partial charge in [0, 0.05) is 28.6 Å². The molecule has 2 aliphatic rings. The first-order valence-corrected chi connectivity index (χ1v) is 12.6. The van der Waals surface area contributed by atoms with E-state index in [9.17, 15) is 9.59 Å². The molecule has 2 aliphatic heterocycles. The number of hydrazone groups is 1. The number of likely N-dealkylation sites (tertiary alicyclic amines) is 1. The van der Waals surface area contributed by atoms with E-state index in [0.29, 0.717) is 55.5 Å². The van der Waals surface area contributed by atoms with Crippen molar-refractivity contribution in [3.8, 4) is 11.5 Å². The van der Waals surface area contributed by atoms with Gasteiger partial charge >= 0.3 is 5.97 Å². The van der Waals surface area contributed by atoms with Gasteiger partial charge in [-0.15, -0.1) is 0 Å². The summed E-state index contributed by atoms with van der Waals surface area (Å²) < 4.78 is 16.2. The maximum Gasteiger partial charge on any atom is 0.309 e. The molecule has 1 unspecified atom stereocenters. The second-order valence-electron chi connectivity index (χ2n) is 8.90. The van der Waals surface area contributed by atoms with Gasteiger partial charge < -0.3 is 14.2 Å². The van der Waals surface area contributed by atoms with E-state index < -0.39 is 0 Å². The van der Waals surface area contributed by atoms with Crippen molar-refractivity contribution in [1.82, 2.24) is 9.91 Å². The summed E-state index contributed by atoms with van der Waals surface area (Å²) in [5.41, 5.74) is 2.40. The van der Waals surface area contributed by atoms with Crippen LogP contribution in [0, 0.1) is 5.92 Å². The van der Waals surface area contributed by atoms with E-state index in [-0.39, 0.29) is 30.4 Å². The SMILES string of the molecule is CCOC(=O)C1CCN(CC(=O)N2N=C(c3ccccc3Cl)CC2c2ccc(OC)cc2OC)CC1. The molecule has 8 nitrogen and oxygen atoms in total. The fourth-order valence-corrected chi connectivity index (χ4v) is 5.03. The number of carbonyl (C=O) groups excluding carboxylic acids is 2. The second kappa shape index (κ2) is 11.8. The summed E-state index contributed by atoms with van der Waals surface area (Å²) >= 11 is 6.47. The summed E-state index contributed by atoms with van der Waals surface area (Å²) in [6.45, 7) is 3.72. The second-order valence-corrected chi connectivity index (χ2v) is 9.30. The van der Waals surface area contributed by atoms with E-state index in [2.05, 4.69) is 4.90 Å². The summed E-state index contributed by atoms with van der Waals surface area (Å²) in [5.74, 6) is 0.925. The van der Waals surface area contributed by atoms with E-state index in [1.165, 1.54) is 0 Å². The third-order valence-corrected chi connectivity index (χ3v) is 7.05. The van der Waals surface area contributed by atoms with Crippen molar-refractivity contribution in [3.63, 3.8) is 0 Å². The Hall–Kier alpha value is -3.10. The van der Waals surface area contributed by atoms with Gasteiger partial charge in [0.05, 0.1) is 45.0 Å². The van der Waals surface area contributed by atoms with Gasteiger partial charge in [0.2, 0.25) is 0 Å². The van der Waals surface area contributed by atoms with Crippen molar-refractivity contribution >= 4 is 29.2 Å². The van der Waals surface area contributed by atoms with Crippen molar-refractivity contribution < 1.29 is 23.8 Å². The van der Waals surface area contributed by atoms with Crippen LogP contribution in [0.3, 0.4) is 0 Å². The van der Waals surface area contributed by atoms with Crippen LogP contribution in [0.4, 0.5) is 0 Å². The molecule has 0 radical (unpaired) electrons. The Morgan fingerprint density at radius 2 is 1.83 bits per heavy atom. The number of amides is 1. The Labute approximate surface area is 216 Å². The van der Waals surface area contributed by atoms with Crippen molar-refractivity contribution in [2.45, 2.75) is 32.2 Å². The lowest BCUT2D eigenvalue weighted by atomic mass is 9.96. The first-order chi connectivity index (χ1) is 17.4. The minimum Gasteiger partial charge on any atom is -0.497 e. The van der Waals surface area contributed by atoms with Crippen LogP contribution >= 0.6 is 11.6 Å². The Bertz CT molecular complexity index is 1130. The first kappa shape index (κ1) is 26.0. The molecule has 2 heterocycles. The number of hydrogen-bond acceptors (Lipinski definition) is 7. The number of esters is 1. The van der Waals surface area contributed by atoms with Crippen LogP contribution in [0.15, 0.2) is 47.6 Å². The van der Waals surface area contributed by atoms with Crippen molar-refractivity contribution in [2.75, 3.05) is 40.5 Å². The van der Waals surface area contributed by atoms with Crippen molar-refractivity contribution in [1.29, 1.82) is 0 Å². The fourth-order valence-electron chi connectivity index (χ4n) is 4.78. The smallest absolute Gasteiger partial charge is 0.309 e. The highest BCUT2D eigenvalue weighted by Crippen LogP contribution is 2.40. The van der Waals surface area contributed by atoms with E-state index in [1.807, 2.05) is 49.4 Å². The van der Waals surface area contributed by atoms with Crippen LogP contribution in [0.5, 0.6) is 11.5 Å². The number of piperidine rings is 1. The fraction of sp³-hybridized carbons (Fsp3) is 0.444. The summed E-state index contributed by atoms with van der Waals surface area (Å²) in [7, 11) is 3.20. The lowest BCUT2D eigenvalue weighted by Crippen LogP contribution is -2.43. The van der Waals surface area contributed by atoms with Gasteiger partial charge in [-0.3, -0.25) is 14.5 Å². The third kappa shape index (κ3) is 5.65. The van der Waals surface area contributed by atoms with Crippen molar-refractivity contribution in [3.05, 3.63) is 58.6 Å². The minimum atomic E-state index is -0.346. The molecule has 4 rings (SSSR count). The molecule has 2 aromatic carbocycles. The molecule has 9 heteroatoms. The summed E-state index contributed by atoms with van der Waals surface area (Å²) in [4.78, 5) is 27.7. The molecule has 1 fully saturated rings. The van der Waals surface area contributed by atoms with Crippen LogP contribution in [0.1, 0.15) is 43.4 Å². The highest BCUT2D eigenvalue weighted by molar-refractivity contribution is 6.34. The van der Waals surface area contributed by atoms with E-state index >= 15 is 0 Å². The normalized spacial score (nSPS) is 18.6. The number of benzene rings is 2. The molecule has 36 heavy (non-hydrogen) atoms. The number of carbonyl (C=O) groups is 2. The van der Waals surface area contributed by atoms with Gasteiger partial charge in [-0.25, -0.2) is 5.01 Å². The quantitative estimate of drug-likeness (QED) is 0.489. The molecule has 192 valence electrons. The molecule has 0 N–H and O–H groups in total. The Morgan fingerprint density at radius 3 is 2.50 bits per heavy atom. The number of rotatable bonds is 8. The lowest BCUT2D eigenvalue weighted by Gasteiger charge is -2.32. The minimum absolute atomic E-state index is 0.107. The zero-order valence-electron chi connectivity index (χ0n) is 20.9. The van der Waals surface area contributed by atoms with Crippen LogP contribution in [-0.4, -0.2) is 68.0 Å². The largest absolute Gasteiger partial charge is 0.497 e. The monoisotopic (exact) mass is 513 g/mol. The van der Waals surface area contributed by atoms with E-state index in [4.69, 9.17) is 30.9 Å². The third-order valence-electron chi connectivity index (χ3n) is 6.72. The molecule has 1 amide bonds. The average molecular weight is 514 g/mol. The molecule has 0 aliphatic carbocycles. The molecular formula is C27H32ClN3O5. The summed E-state index contributed by atoms with van der Waals surface area (Å²) in [5, 5.41) is 6.90.